The van der Waals surface area contributed by atoms with Gasteiger partial charge in [-0.15, -0.1) is 0 Å². The van der Waals surface area contributed by atoms with Gasteiger partial charge in [0.05, 0.1) is 12.7 Å². The highest BCUT2D eigenvalue weighted by Gasteiger charge is 2.06. The predicted molar refractivity (Wildman–Crippen MR) is 84.1 cm³/mol. The van der Waals surface area contributed by atoms with Gasteiger partial charge in [-0.05, 0) is 44.1 Å². The third kappa shape index (κ3) is 3.52. The van der Waals surface area contributed by atoms with Gasteiger partial charge in [-0.2, -0.15) is 5.10 Å². The Labute approximate surface area is 125 Å². The molecule has 0 bridgehead atoms. The Hall–Kier alpha value is -2.07. The number of furan rings is 1. The molecule has 0 atom stereocenters. The number of benzene rings is 1. The molecule has 2 heterocycles. The minimum absolute atomic E-state index is 0.849. The van der Waals surface area contributed by atoms with Gasteiger partial charge < -0.3 is 4.42 Å². The Kier molecular flexibility index (Phi) is 4.06. The molecule has 21 heavy (non-hydrogen) atoms. The van der Waals surface area contributed by atoms with E-state index >= 15 is 0 Å². The van der Waals surface area contributed by atoms with Crippen LogP contribution in [-0.2, 0) is 20.0 Å². The number of nitrogens with zero attached hydrogens (tertiary/aromatic N) is 3. The highest BCUT2D eigenvalue weighted by Crippen LogP contribution is 2.19. The van der Waals surface area contributed by atoms with Crippen molar-refractivity contribution in [3.05, 3.63) is 54.0 Å². The Bertz CT molecular complexity index is 680. The molecule has 4 heteroatoms. The summed E-state index contributed by atoms with van der Waals surface area (Å²) in [5, 5.41) is 5.37. The topological polar surface area (TPSA) is 34.2 Å². The zero-order valence-corrected chi connectivity index (χ0v) is 12.6. The first-order valence-corrected chi connectivity index (χ1v) is 7.34. The van der Waals surface area contributed by atoms with Crippen molar-refractivity contribution < 1.29 is 4.42 Å². The van der Waals surface area contributed by atoms with Crippen LogP contribution in [-0.4, -0.2) is 28.3 Å². The lowest BCUT2D eigenvalue weighted by molar-refractivity contribution is 0.295. The summed E-state index contributed by atoms with van der Waals surface area (Å²) < 4.78 is 7.71. The van der Waals surface area contributed by atoms with Crippen molar-refractivity contribution in [1.82, 2.24) is 14.7 Å². The van der Waals surface area contributed by atoms with Crippen LogP contribution in [0.3, 0.4) is 0 Å². The smallest absolute Gasteiger partial charge is 0.134 e. The number of aryl methyl sites for hydroxylation is 2. The molecule has 0 aliphatic carbocycles. The van der Waals surface area contributed by atoms with E-state index < -0.39 is 0 Å². The van der Waals surface area contributed by atoms with Crippen molar-refractivity contribution >= 4 is 11.0 Å². The molecule has 0 unspecified atom stereocenters. The summed E-state index contributed by atoms with van der Waals surface area (Å²) in [4.78, 5) is 2.30. The minimum Gasteiger partial charge on any atom is -0.460 e. The Morgan fingerprint density at radius 2 is 2.14 bits per heavy atom. The standard InChI is InChI=1S/C17H21N3O/c1-19(9-5-6-14-11-18-20(2)12-14)13-16-10-15-7-3-4-8-17(15)21-16/h3-4,7-8,10-12H,5-6,9,13H2,1-2H3. The zero-order valence-electron chi connectivity index (χ0n) is 12.6. The van der Waals surface area contributed by atoms with E-state index in [1.807, 2.05) is 36.1 Å². The summed E-state index contributed by atoms with van der Waals surface area (Å²) in [7, 11) is 4.09. The average Bonchev–Trinajstić information content (AvgIpc) is 3.04. The average molecular weight is 283 g/mol. The van der Waals surface area contributed by atoms with E-state index in [4.69, 9.17) is 4.42 Å². The van der Waals surface area contributed by atoms with Crippen molar-refractivity contribution in [2.45, 2.75) is 19.4 Å². The molecule has 1 aromatic carbocycles. The Balaban J connectivity index is 1.50. The molecule has 2 aromatic heterocycles. The Morgan fingerprint density at radius 1 is 1.29 bits per heavy atom. The van der Waals surface area contributed by atoms with Crippen LogP contribution in [0.1, 0.15) is 17.7 Å². The maximum Gasteiger partial charge on any atom is 0.134 e. The van der Waals surface area contributed by atoms with Gasteiger partial charge in [0.15, 0.2) is 0 Å². The Morgan fingerprint density at radius 3 is 2.90 bits per heavy atom. The van der Waals surface area contributed by atoms with Crippen LogP contribution in [0.5, 0.6) is 0 Å². The number of rotatable bonds is 6. The first-order valence-electron chi connectivity index (χ1n) is 7.34. The molecule has 0 radical (unpaired) electrons. The van der Waals surface area contributed by atoms with Crippen LogP contribution < -0.4 is 0 Å². The highest BCUT2D eigenvalue weighted by molar-refractivity contribution is 5.77. The lowest BCUT2D eigenvalue weighted by Gasteiger charge is -2.14. The summed E-state index contributed by atoms with van der Waals surface area (Å²) in [5.74, 6) is 1.03. The van der Waals surface area contributed by atoms with Crippen LogP contribution in [0.25, 0.3) is 11.0 Å². The number of fused-ring (bicyclic) bond motifs is 1. The second-order valence-electron chi connectivity index (χ2n) is 5.61. The maximum atomic E-state index is 5.85. The normalized spacial score (nSPS) is 11.6. The predicted octanol–water partition coefficient (Wildman–Crippen LogP) is 3.23. The quantitative estimate of drug-likeness (QED) is 0.696. The van der Waals surface area contributed by atoms with E-state index in [0.717, 1.165) is 37.3 Å². The lowest BCUT2D eigenvalue weighted by atomic mass is 10.2. The lowest BCUT2D eigenvalue weighted by Crippen LogP contribution is -2.19. The zero-order chi connectivity index (χ0) is 14.7. The van der Waals surface area contributed by atoms with E-state index in [1.165, 1.54) is 10.9 Å². The molecular formula is C17H21N3O. The van der Waals surface area contributed by atoms with Gasteiger partial charge in [-0.25, -0.2) is 0 Å². The minimum atomic E-state index is 0.849. The number of hydrogen-bond donors (Lipinski definition) is 0. The van der Waals surface area contributed by atoms with Gasteiger partial charge in [-0.1, -0.05) is 18.2 Å². The molecule has 3 rings (SSSR count). The van der Waals surface area contributed by atoms with Gasteiger partial charge in [0.1, 0.15) is 11.3 Å². The fourth-order valence-corrected chi connectivity index (χ4v) is 2.61. The van der Waals surface area contributed by atoms with Crippen LogP contribution >= 0.6 is 0 Å². The monoisotopic (exact) mass is 283 g/mol. The summed E-state index contributed by atoms with van der Waals surface area (Å²) in [5.41, 5.74) is 2.27. The molecule has 110 valence electrons. The number of para-hydroxylation sites is 1. The van der Waals surface area contributed by atoms with Gasteiger partial charge in [-0.3, -0.25) is 9.58 Å². The molecular weight excluding hydrogens is 262 g/mol. The summed E-state index contributed by atoms with van der Waals surface area (Å²) >= 11 is 0. The van der Waals surface area contributed by atoms with Gasteiger partial charge in [0.2, 0.25) is 0 Å². The molecule has 0 aliphatic heterocycles. The van der Waals surface area contributed by atoms with E-state index in [-0.39, 0.29) is 0 Å². The molecule has 0 saturated carbocycles. The van der Waals surface area contributed by atoms with Crippen LogP contribution in [0.15, 0.2) is 47.1 Å². The van der Waals surface area contributed by atoms with E-state index in [9.17, 15) is 0 Å². The molecule has 0 fully saturated rings. The molecule has 0 N–H and O–H groups in total. The summed E-state index contributed by atoms with van der Waals surface area (Å²) in [6.07, 6.45) is 6.22. The van der Waals surface area contributed by atoms with Crippen molar-refractivity contribution in [3.8, 4) is 0 Å². The number of aromatic nitrogens is 2. The van der Waals surface area contributed by atoms with Crippen molar-refractivity contribution in [3.63, 3.8) is 0 Å². The second kappa shape index (κ2) is 6.14. The first kappa shape index (κ1) is 13.9. The largest absolute Gasteiger partial charge is 0.460 e. The van der Waals surface area contributed by atoms with E-state index in [2.05, 4.69) is 35.4 Å². The van der Waals surface area contributed by atoms with Crippen LogP contribution in [0.4, 0.5) is 0 Å². The van der Waals surface area contributed by atoms with E-state index in [1.54, 1.807) is 0 Å². The summed E-state index contributed by atoms with van der Waals surface area (Å²) in [6, 6.07) is 10.3. The van der Waals surface area contributed by atoms with Crippen molar-refractivity contribution in [2.24, 2.45) is 7.05 Å². The van der Waals surface area contributed by atoms with Crippen molar-refractivity contribution in [2.75, 3.05) is 13.6 Å². The molecule has 0 aliphatic rings. The fraction of sp³-hybridized carbons (Fsp3) is 0.353. The maximum absolute atomic E-state index is 5.85. The van der Waals surface area contributed by atoms with Gasteiger partial charge in [0.25, 0.3) is 0 Å². The first-order chi connectivity index (χ1) is 10.2. The molecule has 3 aromatic rings. The molecule has 0 spiro atoms. The van der Waals surface area contributed by atoms with Gasteiger partial charge in [0, 0.05) is 18.6 Å². The van der Waals surface area contributed by atoms with Crippen LogP contribution in [0, 0.1) is 0 Å². The second-order valence-corrected chi connectivity index (χ2v) is 5.61. The van der Waals surface area contributed by atoms with Crippen molar-refractivity contribution in [1.29, 1.82) is 0 Å². The number of hydrogen-bond acceptors (Lipinski definition) is 3. The third-order valence-corrected chi connectivity index (χ3v) is 3.67. The highest BCUT2D eigenvalue weighted by atomic mass is 16.3. The SMILES string of the molecule is CN(CCCc1cnn(C)c1)Cc1cc2ccccc2o1. The van der Waals surface area contributed by atoms with E-state index in [0.29, 0.717) is 0 Å². The molecule has 4 nitrogen and oxygen atoms in total. The molecule has 0 amide bonds. The van der Waals surface area contributed by atoms with Crippen LogP contribution in [0.2, 0.25) is 0 Å². The fourth-order valence-electron chi connectivity index (χ4n) is 2.61. The molecule has 0 saturated heterocycles. The summed E-state index contributed by atoms with van der Waals surface area (Å²) in [6.45, 7) is 1.90. The third-order valence-electron chi connectivity index (χ3n) is 3.67. The van der Waals surface area contributed by atoms with Gasteiger partial charge >= 0.3 is 0 Å².